The summed E-state index contributed by atoms with van der Waals surface area (Å²) in [5.41, 5.74) is 6.04. The lowest BCUT2D eigenvalue weighted by Gasteiger charge is -2.26. The minimum Gasteiger partial charge on any atom is -0.338 e. The summed E-state index contributed by atoms with van der Waals surface area (Å²) >= 11 is 0. The third kappa shape index (κ3) is 5.54. The number of hydrogen-bond acceptors (Lipinski definition) is 3. The van der Waals surface area contributed by atoms with Gasteiger partial charge in [0.1, 0.15) is 5.69 Å². The minimum absolute atomic E-state index is 0.198. The van der Waals surface area contributed by atoms with Gasteiger partial charge in [-0.05, 0) is 43.0 Å². The van der Waals surface area contributed by atoms with E-state index in [9.17, 15) is 9.59 Å². The SMILES string of the molecule is Cc1ccc(-c2nn(Cc3ccccc3)cc2C(=O)Nc2cccc(CN3CCCCC3=O)c2)cc1. The third-order valence-electron chi connectivity index (χ3n) is 6.50. The summed E-state index contributed by atoms with van der Waals surface area (Å²) in [4.78, 5) is 27.6. The average molecular weight is 479 g/mol. The molecule has 5 rings (SSSR count). The Hall–Kier alpha value is -4.19. The highest BCUT2D eigenvalue weighted by Crippen LogP contribution is 2.25. The summed E-state index contributed by atoms with van der Waals surface area (Å²) < 4.78 is 1.82. The quantitative estimate of drug-likeness (QED) is 0.372. The van der Waals surface area contributed by atoms with Gasteiger partial charge >= 0.3 is 0 Å². The molecule has 2 heterocycles. The van der Waals surface area contributed by atoms with E-state index in [1.807, 2.05) is 102 Å². The molecule has 0 atom stereocenters. The van der Waals surface area contributed by atoms with Crippen molar-refractivity contribution in [2.75, 3.05) is 11.9 Å². The number of nitrogens with one attached hydrogen (secondary N) is 1. The van der Waals surface area contributed by atoms with Gasteiger partial charge in [-0.3, -0.25) is 14.3 Å². The van der Waals surface area contributed by atoms with Crippen molar-refractivity contribution >= 4 is 17.5 Å². The van der Waals surface area contributed by atoms with Gasteiger partial charge in [0.2, 0.25) is 5.91 Å². The predicted molar refractivity (Wildman–Crippen MR) is 142 cm³/mol. The Balaban J connectivity index is 1.39. The zero-order valence-corrected chi connectivity index (χ0v) is 20.5. The van der Waals surface area contributed by atoms with Gasteiger partial charge in [-0.15, -0.1) is 0 Å². The number of carbonyl (C=O) groups is 2. The molecule has 2 amide bonds. The van der Waals surface area contributed by atoms with Crippen molar-refractivity contribution in [2.45, 2.75) is 39.3 Å². The standard InChI is InChI=1S/C30H30N4O2/c1-22-13-15-25(16-14-22)29-27(21-34(32-29)20-23-8-3-2-4-9-23)30(36)31-26-11-7-10-24(18-26)19-33-17-6-5-12-28(33)35/h2-4,7-11,13-16,18,21H,5-6,12,17,19-20H2,1H3,(H,31,36). The van der Waals surface area contributed by atoms with E-state index in [-0.39, 0.29) is 11.8 Å². The number of benzene rings is 3. The molecule has 1 N–H and O–H groups in total. The molecule has 0 radical (unpaired) electrons. The summed E-state index contributed by atoms with van der Waals surface area (Å²) in [6, 6.07) is 25.9. The number of piperidine rings is 1. The molecule has 3 aromatic carbocycles. The van der Waals surface area contributed by atoms with Crippen LogP contribution in [-0.4, -0.2) is 33.0 Å². The molecule has 1 aliphatic rings. The van der Waals surface area contributed by atoms with Crippen molar-refractivity contribution in [3.05, 3.63) is 107 Å². The Morgan fingerprint density at radius 3 is 2.47 bits per heavy atom. The number of aryl methyl sites for hydroxylation is 1. The van der Waals surface area contributed by atoms with Crippen LogP contribution in [0.3, 0.4) is 0 Å². The van der Waals surface area contributed by atoms with E-state index < -0.39 is 0 Å². The highest BCUT2D eigenvalue weighted by Gasteiger charge is 2.20. The first-order valence-corrected chi connectivity index (χ1v) is 12.4. The van der Waals surface area contributed by atoms with Crippen LogP contribution in [0.1, 0.15) is 46.3 Å². The van der Waals surface area contributed by atoms with Crippen molar-refractivity contribution in [1.29, 1.82) is 0 Å². The van der Waals surface area contributed by atoms with Gasteiger partial charge in [0.25, 0.3) is 5.91 Å². The molecule has 1 fully saturated rings. The monoisotopic (exact) mass is 478 g/mol. The highest BCUT2D eigenvalue weighted by atomic mass is 16.2. The molecular formula is C30H30N4O2. The molecule has 6 heteroatoms. The van der Waals surface area contributed by atoms with Crippen molar-refractivity contribution in [1.82, 2.24) is 14.7 Å². The molecule has 0 bridgehead atoms. The molecule has 4 aromatic rings. The number of nitrogens with zero attached hydrogens (tertiary/aromatic N) is 3. The van der Waals surface area contributed by atoms with E-state index in [1.54, 1.807) is 0 Å². The fraction of sp³-hybridized carbons (Fsp3) is 0.233. The fourth-order valence-corrected chi connectivity index (χ4v) is 4.56. The van der Waals surface area contributed by atoms with Gasteiger partial charge in [-0.2, -0.15) is 5.10 Å². The molecule has 0 unspecified atom stereocenters. The average Bonchev–Trinajstić information content (AvgIpc) is 3.31. The third-order valence-corrected chi connectivity index (χ3v) is 6.50. The molecule has 1 aliphatic heterocycles. The second-order valence-corrected chi connectivity index (χ2v) is 9.37. The summed E-state index contributed by atoms with van der Waals surface area (Å²) in [5.74, 6) is -0.0136. The number of amides is 2. The molecule has 0 aliphatic carbocycles. The molecular weight excluding hydrogens is 448 g/mol. The fourth-order valence-electron chi connectivity index (χ4n) is 4.56. The van der Waals surface area contributed by atoms with Gasteiger partial charge in [0.15, 0.2) is 0 Å². The van der Waals surface area contributed by atoms with Crippen LogP contribution in [0.5, 0.6) is 0 Å². The molecule has 36 heavy (non-hydrogen) atoms. The summed E-state index contributed by atoms with van der Waals surface area (Å²) in [6.45, 7) is 3.96. The van der Waals surface area contributed by atoms with Gasteiger partial charge < -0.3 is 10.2 Å². The topological polar surface area (TPSA) is 67.2 Å². The molecule has 1 saturated heterocycles. The maximum Gasteiger partial charge on any atom is 0.259 e. The minimum atomic E-state index is -0.212. The molecule has 1 aromatic heterocycles. The molecule has 0 saturated carbocycles. The lowest BCUT2D eigenvalue weighted by atomic mass is 10.1. The van der Waals surface area contributed by atoms with E-state index >= 15 is 0 Å². The second kappa shape index (κ2) is 10.6. The van der Waals surface area contributed by atoms with Crippen molar-refractivity contribution in [2.24, 2.45) is 0 Å². The van der Waals surface area contributed by atoms with E-state index in [0.29, 0.717) is 36.5 Å². The highest BCUT2D eigenvalue weighted by molar-refractivity contribution is 6.08. The number of likely N-dealkylation sites (tertiary alicyclic amines) is 1. The number of hydrogen-bond donors (Lipinski definition) is 1. The number of rotatable bonds is 7. The maximum absolute atomic E-state index is 13.5. The Morgan fingerprint density at radius 1 is 0.917 bits per heavy atom. The van der Waals surface area contributed by atoms with E-state index in [0.717, 1.165) is 41.6 Å². The normalized spacial score (nSPS) is 13.6. The van der Waals surface area contributed by atoms with Gasteiger partial charge in [0, 0.05) is 37.0 Å². The van der Waals surface area contributed by atoms with E-state index in [1.165, 1.54) is 0 Å². The van der Waals surface area contributed by atoms with Crippen molar-refractivity contribution < 1.29 is 9.59 Å². The number of aromatic nitrogens is 2. The van der Waals surface area contributed by atoms with Crippen LogP contribution >= 0.6 is 0 Å². The number of anilines is 1. The van der Waals surface area contributed by atoms with Gasteiger partial charge in [-0.25, -0.2) is 0 Å². The van der Waals surface area contributed by atoms with Gasteiger partial charge in [-0.1, -0.05) is 72.3 Å². The zero-order chi connectivity index (χ0) is 24.9. The predicted octanol–water partition coefficient (Wildman–Crippen LogP) is 5.67. The van der Waals surface area contributed by atoms with Gasteiger partial charge in [0.05, 0.1) is 12.1 Å². The Morgan fingerprint density at radius 2 is 1.69 bits per heavy atom. The molecule has 182 valence electrons. The van der Waals surface area contributed by atoms with Crippen LogP contribution < -0.4 is 5.32 Å². The smallest absolute Gasteiger partial charge is 0.259 e. The van der Waals surface area contributed by atoms with Crippen LogP contribution in [0.25, 0.3) is 11.3 Å². The lowest BCUT2D eigenvalue weighted by Crippen LogP contribution is -2.34. The first-order valence-electron chi connectivity index (χ1n) is 12.4. The Labute approximate surface area is 211 Å². The second-order valence-electron chi connectivity index (χ2n) is 9.37. The van der Waals surface area contributed by atoms with Crippen molar-refractivity contribution in [3.8, 4) is 11.3 Å². The Bertz CT molecular complexity index is 1360. The number of carbonyl (C=O) groups excluding carboxylic acids is 2. The molecule has 0 spiro atoms. The van der Waals surface area contributed by atoms with Crippen LogP contribution in [0.4, 0.5) is 5.69 Å². The Kier molecular flexibility index (Phi) is 6.94. The largest absolute Gasteiger partial charge is 0.338 e. The van der Waals surface area contributed by atoms with Crippen molar-refractivity contribution in [3.63, 3.8) is 0 Å². The maximum atomic E-state index is 13.5. The van der Waals surface area contributed by atoms with Crippen LogP contribution in [-0.2, 0) is 17.9 Å². The first-order chi connectivity index (χ1) is 17.5. The summed E-state index contributed by atoms with van der Waals surface area (Å²) in [7, 11) is 0. The molecule has 6 nitrogen and oxygen atoms in total. The first kappa shape index (κ1) is 23.5. The van der Waals surface area contributed by atoms with E-state index in [4.69, 9.17) is 5.10 Å². The zero-order valence-electron chi connectivity index (χ0n) is 20.5. The van der Waals surface area contributed by atoms with E-state index in [2.05, 4.69) is 5.32 Å². The summed E-state index contributed by atoms with van der Waals surface area (Å²) in [6.07, 6.45) is 4.43. The lowest BCUT2D eigenvalue weighted by molar-refractivity contribution is -0.133. The van der Waals surface area contributed by atoms with Crippen LogP contribution in [0.2, 0.25) is 0 Å². The summed E-state index contributed by atoms with van der Waals surface area (Å²) in [5, 5.41) is 7.83. The van der Waals surface area contributed by atoms with Crippen LogP contribution in [0, 0.1) is 6.92 Å². The van der Waals surface area contributed by atoms with Crippen LogP contribution in [0.15, 0.2) is 85.1 Å².